The van der Waals surface area contributed by atoms with Crippen LogP contribution in [0.2, 0.25) is 0 Å². The van der Waals surface area contributed by atoms with Crippen LogP contribution in [0.1, 0.15) is 5.56 Å². The zero-order valence-electron chi connectivity index (χ0n) is 8.20. The van der Waals surface area contributed by atoms with E-state index in [0.29, 0.717) is 4.47 Å². The molecule has 0 aliphatic carbocycles. The van der Waals surface area contributed by atoms with Crippen molar-refractivity contribution in [2.24, 2.45) is 0 Å². The van der Waals surface area contributed by atoms with Crippen molar-refractivity contribution in [3.8, 4) is 0 Å². The highest BCUT2D eigenvalue weighted by atomic mass is 79.9. The molecular formula is C9H7BrFNO4. The molecule has 5 nitrogen and oxygen atoms in total. The van der Waals surface area contributed by atoms with Gasteiger partial charge in [0.25, 0.3) is 0 Å². The molecule has 86 valence electrons. The lowest BCUT2D eigenvalue weighted by Gasteiger charge is -2.05. The fourth-order valence-corrected chi connectivity index (χ4v) is 1.55. The van der Waals surface area contributed by atoms with Crippen LogP contribution in [0.15, 0.2) is 16.6 Å². The fourth-order valence-electron chi connectivity index (χ4n) is 1.10. The molecule has 0 aliphatic heterocycles. The van der Waals surface area contributed by atoms with Gasteiger partial charge in [-0.05, 0) is 6.07 Å². The molecule has 0 N–H and O–H groups in total. The first-order chi connectivity index (χ1) is 7.47. The second kappa shape index (κ2) is 5.02. The van der Waals surface area contributed by atoms with Crippen LogP contribution in [0, 0.1) is 15.9 Å². The molecule has 16 heavy (non-hydrogen) atoms. The third-order valence-corrected chi connectivity index (χ3v) is 2.65. The lowest BCUT2D eigenvalue weighted by Crippen LogP contribution is -2.08. The molecule has 1 aromatic rings. The number of rotatable bonds is 3. The molecule has 0 spiro atoms. The monoisotopic (exact) mass is 291 g/mol. The summed E-state index contributed by atoms with van der Waals surface area (Å²) < 4.78 is 18.3. The molecule has 0 radical (unpaired) electrons. The average Bonchev–Trinajstić information content (AvgIpc) is 2.23. The first-order valence-corrected chi connectivity index (χ1v) is 4.94. The van der Waals surface area contributed by atoms with Gasteiger partial charge in [0.05, 0.1) is 18.5 Å². The summed E-state index contributed by atoms with van der Waals surface area (Å²) in [6, 6.07) is 2.35. The van der Waals surface area contributed by atoms with Gasteiger partial charge in [-0.2, -0.15) is 4.39 Å². The van der Waals surface area contributed by atoms with E-state index in [2.05, 4.69) is 20.7 Å². The van der Waals surface area contributed by atoms with E-state index >= 15 is 0 Å². The molecule has 1 rings (SSSR count). The second-order valence-electron chi connectivity index (χ2n) is 2.87. The van der Waals surface area contributed by atoms with Gasteiger partial charge >= 0.3 is 11.7 Å². The molecule has 0 bridgehead atoms. The summed E-state index contributed by atoms with van der Waals surface area (Å²) in [6.45, 7) is 0. The van der Waals surface area contributed by atoms with Gasteiger partial charge in [0, 0.05) is 16.1 Å². The summed E-state index contributed by atoms with van der Waals surface area (Å²) in [4.78, 5) is 20.6. The number of nitro groups is 1. The van der Waals surface area contributed by atoms with Crippen LogP contribution in [0.3, 0.4) is 0 Å². The molecule has 0 heterocycles. The molecule has 0 aromatic heterocycles. The summed E-state index contributed by atoms with van der Waals surface area (Å²) in [6.07, 6.45) is -0.357. The minimum absolute atomic E-state index is 0.0824. The first kappa shape index (κ1) is 12.6. The molecule has 0 unspecified atom stereocenters. The molecule has 0 amide bonds. The van der Waals surface area contributed by atoms with E-state index in [4.69, 9.17) is 0 Å². The van der Waals surface area contributed by atoms with Gasteiger partial charge in [0.2, 0.25) is 5.82 Å². The van der Waals surface area contributed by atoms with Gasteiger partial charge in [-0.25, -0.2) is 0 Å². The molecule has 0 saturated carbocycles. The number of esters is 1. The van der Waals surface area contributed by atoms with Gasteiger partial charge in [-0.3, -0.25) is 14.9 Å². The number of ether oxygens (including phenoxy) is 1. The Labute approximate surface area is 98.5 Å². The lowest BCUT2D eigenvalue weighted by molar-refractivity contribution is -0.387. The van der Waals surface area contributed by atoms with Crippen LogP contribution < -0.4 is 0 Å². The molecule has 7 heteroatoms. The van der Waals surface area contributed by atoms with E-state index in [-0.39, 0.29) is 12.0 Å². The maximum absolute atomic E-state index is 13.6. The van der Waals surface area contributed by atoms with Crippen LogP contribution in [0.5, 0.6) is 0 Å². The molecular weight excluding hydrogens is 285 g/mol. The first-order valence-electron chi connectivity index (χ1n) is 4.15. The zero-order valence-corrected chi connectivity index (χ0v) is 9.78. The van der Waals surface area contributed by atoms with Crippen LogP contribution >= 0.6 is 15.9 Å². The van der Waals surface area contributed by atoms with Gasteiger partial charge < -0.3 is 4.74 Å². The van der Waals surface area contributed by atoms with Gasteiger partial charge in [0.1, 0.15) is 0 Å². The Bertz CT molecular complexity index is 449. The predicted molar refractivity (Wildman–Crippen MR) is 56.5 cm³/mol. The van der Waals surface area contributed by atoms with Crippen molar-refractivity contribution in [1.29, 1.82) is 0 Å². The number of carbonyl (C=O) groups excluding carboxylic acids is 1. The van der Waals surface area contributed by atoms with E-state index < -0.39 is 22.4 Å². The standard InChI is InChI=1S/C9H7BrFNO4/c1-16-8(13)4-5-6(10)2-3-7(9(5)11)12(14)15/h2-3H,4H2,1H3. The highest BCUT2D eigenvalue weighted by Crippen LogP contribution is 2.27. The Balaban J connectivity index is 3.21. The summed E-state index contributed by atoms with van der Waals surface area (Å²) in [5.41, 5.74) is -0.747. The highest BCUT2D eigenvalue weighted by molar-refractivity contribution is 9.10. The van der Waals surface area contributed by atoms with Crippen LogP contribution in [-0.2, 0) is 16.0 Å². The zero-order chi connectivity index (χ0) is 12.3. The number of carbonyl (C=O) groups is 1. The van der Waals surface area contributed by atoms with Crippen molar-refractivity contribution in [1.82, 2.24) is 0 Å². The quantitative estimate of drug-likeness (QED) is 0.486. The molecule has 0 saturated heterocycles. The Morgan fingerprint density at radius 1 is 1.62 bits per heavy atom. The predicted octanol–water partition coefficient (Wildman–Crippen LogP) is 2.21. The summed E-state index contributed by atoms with van der Waals surface area (Å²) in [7, 11) is 1.16. The normalized spacial score (nSPS) is 9.94. The summed E-state index contributed by atoms with van der Waals surface area (Å²) in [5.74, 6) is -1.69. The lowest BCUT2D eigenvalue weighted by atomic mass is 10.1. The third kappa shape index (κ3) is 2.54. The Morgan fingerprint density at radius 2 is 2.25 bits per heavy atom. The molecule has 0 atom stereocenters. The topological polar surface area (TPSA) is 69.4 Å². The number of hydrogen-bond acceptors (Lipinski definition) is 4. The van der Waals surface area contributed by atoms with Gasteiger partial charge in [-0.15, -0.1) is 0 Å². The van der Waals surface area contributed by atoms with Crippen LogP contribution in [-0.4, -0.2) is 18.0 Å². The average molecular weight is 292 g/mol. The van der Waals surface area contributed by atoms with E-state index in [1.165, 1.54) is 6.07 Å². The SMILES string of the molecule is COC(=O)Cc1c(Br)ccc([N+](=O)[O-])c1F. The smallest absolute Gasteiger partial charge is 0.310 e. The summed E-state index contributed by atoms with van der Waals surface area (Å²) >= 11 is 3.02. The Morgan fingerprint density at radius 3 is 2.75 bits per heavy atom. The van der Waals surface area contributed by atoms with Crippen LogP contribution in [0.25, 0.3) is 0 Å². The highest BCUT2D eigenvalue weighted by Gasteiger charge is 2.21. The maximum Gasteiger partial charge on any atom is 0.310 e. The Kier molecular flexibility index (Phi) is 3.94. The number of nitro benzene ring substituents is 1. The molecule has 0 aliphatic rings. The van der Waals surface area contributed by atoms with E-state index in [0.717, 1.165) is 13.2 Å². The van der Waals surface area contributed by atoms with Crippen molar-refractivity contribution < 1.29 is 18.8 Å². The van der Waals surface area contributed by atoms with Crippen molar-refractivity contribution in [2.75, 3.05) is 7.11 Å². The van der Waals surface area contributed by atoms with Crippen LogP contribution in [0.4, 0.5) is 10.1 Å². The van der Waals surface area contributed by atoms with Gasteiger partial charge in [-0.1, -0.05) is 15.9 Å². The van der Waals surface area contributed by atoms with E-state index in [9.17, 15) is 19.3 Å². The summed E-state index contributed by atoms with van der Waals surface area (Å²) in [5, 5.41) is 10.5. The molecule has 0 fully saturated rings. The number of halogens is 2. The second-order valence-corrected chi connectivity index (χ2v) is 3.72. The van der Waals surface area contributed by atoms with E-state index in [1.807, 2.05) is 0 Å². The third-order valence-electron chi connectivity index (χ3n) is 1.91. The molecule has 1 aromatic carbocycles. The van der Waals surface area contributed by atoms with E-state index in [1.54, 1.807) is 0 Å². The number of methoxy groups -OCH3 is 1. The van der Waals surface area contributed by atoms with Crippen molar-refractivity contribution >= 4 is 27.6 Å². The number of hydrogen-bond donors (Lipinski definition) is 0. The minimum Gasteiger partial charge on any atom is -0.469 e. The largest absolute Gasteiger partial charge is 0.469 e. The van der Waals surface area contributed by atoms with Crippen molar-refractivity contribution in [2.45, 2.75) is 6.42 Å². The van der Waals surface area contributed by atoms with Crippen molar-refractivity contribution in [3.63, 3.8) is 0 Å². The van der Waals surface area contributed by atoms with Crippen molar-refractivity contribution in [3.05, 3.63) is 38.1 Å². The Hall–Kier alpha value is -1.50. The maximum atomic E-state index is 13.6. The van der Waals surface area contributed by atoms with Gasteiger partial charge in [0.15, 0.2) is 0 Å². The number of nitrogens with zero attached hydrogens (tertiary/aromatic N) is 1. The fraction of sp³-hybridized carbons (Fsp3) is 0.222. The number of benzene rings is 1. The minimum atomic E-state index is -1.02.